The van der Waals surface area contributed by atoms with Crippen LogP contribution in [0.2, 0.25) is 0 Å². The summed E-state index contributed by atoms with van der Waals surface area (Å²) in [6.07, 6.45) is 1.42. The number of carboxylic acid groups (broad SMARTS) is 1. The van der Waals surface area contributed by atoms with Gasteiger partial charge in [0.25, 0.3) is 0 Å². The highest BCUT2D eigenvalue weighted by molar-refractivity contribution is 7.90. The molecule has 2 N–H and O–H groups in total. The number of hydrogen-bond donors (Lipinski definition) is 2. The number of sulfonamides is 1. The molecule has 84 valence electrons. The molecule has 1 aromatic heterocycles. The Balaban J connectivity index is 2.53. The molecule has 0 spiro atoms. The van der Waals surface area contributed by atoms with Crippen molar-refractivity contribution >= 4 is 16.0 Å². The van der Waals surface area contributed by atoms with Crippen molar-refractivity contribution in [2.24, 2.45) is 7.05 Å². The summed E-state index contributed by atoms with van der Waals surface area (Å²) in [5, 5.41) is 12.1. The lowest BCUT2D eigenvalue weighted by molar-refractivity contribution is -0.134. The molecule has 1 rings (SSSR count). The van der Waals surface area contributed by atoms with E-state index in [1.807, 2.05) is 0 Å². The van der Waals surface area contributed by atoms with Gasteiger partial charge in [0.15, 0.2) is 11.6 Å². The Labute approximate surface area is 86.0 Å². The van der Waals surface area contributed by atoms with Gasteiger partial charge in [-0.1, -0.05) is 0 Å². The van der Waals surface area contributed by atoms with Gasteiger partial charge in [0, 0.05) is 7.05 Å². The molecule has 1 heterocycles. The third-order valence-electron chi connectivity index (χ3n) is 1.41. The van der Waals surface area contributed by atoms with E-state index >= 15 is 0 Å². The van der Waals surface area contributed by atoms with E-state index in [0.717, 1.165) is 0 Å². The van der Waals surface area contributed by atoms with E-state index in [0.29, 0.717) is 0 Å². The Morgan fingerprint density at radius 3 is 2.80 bits per heavy atom. The molecule has 0 saturated heterocycles. The van der Waals surface area contributed by atoms with Gasteiger partial charge in [-0.3, -0.25) is 9.48 Å². The summed E-state index contributed by atoms with van der Waals surface area (Å²) in [4.78, 5) is 14.0. The van der Waals surface area contributed by atoms with Crippen molar-refractivity contribution in [3.63, 3.8) is 0 Å². The minimum atomic E-state index is -3.81. The average Bonchev–Trinajstić information content (AvgIpc) is 2.46. The largest absolute Gasteiger partial charge is 0.480 e. The molecule has 1 aromatic rings. The van der Waals surface area contributed by atoms with Crippen LogP contribution >= 0.6 is 0 Å². The molecule has 0 fully saturated rings. The van der Waals surface area contributed by atoms with Crippen molar-refractivity contribution in [1.29, 1.82) is 0 Å². The van der Waals surface area contributed by atoms with Gasteiger partial charge >= 0.3 is 5.97 Å². The maximum atomic E-state index is 11.1. The van der Waals surface area contributed by atoms with Crippen LogP contribution in [-0.2, 0) is 28.4 Å². The lowest BCUT2D eigenvalue weighted by atomic mass is 10.6. The number of rotatable bonds is 5. The fraction of sp³-hybridized carbons (Fsp3) is 0.500. The first-order chi connectivity index (χ1) is 6.89. The Bertz CT molecular complexity index is 451. The van der Waals surface area contributed by atoms with Crippen molar-refractivity contribution in [2.75, 3.05) is 5.75 Å². The van der Waals surface area contributed by atoms with E-state index in [4.69, 9.17) is 5.11 Å². The van der Waals surface area contributed by atoms with Crippen molar-refractivity contribution in [3.05, 3.63) is 12.2 Å². The van der Waals surface area contributed by atoms with Crippen LogP contribution < -0.4 is 4.72 Å². The quantitative estimate of drug-likeness (QED) is 0.629. The number of hydrogen-bond acceptors (Lipinski definition) is 5. The highest BCUT2D eigenvalue weighted by Crippen LogP contribution is 1.90. The number of nitrogens with one attached hydrogen (secondary N) is 1. The smallest absolute Gasteiger partial charge is 0.320 e. The molecule has 8 nitrogen and oxygen atoms in total. The topological polar surface area (TPSA) is 114 Å². The molecule has 0 aliphatic rings. The van der Waals surface area contributed by atoms with Crippen molar-refractivity contribution in [1.82, 2.24) is 19.5 Å². The third-order valence-corrected chi connectivity index (χ3v) is 2.62. The number of aliphatic carboxylic acids is 1. The first kappa shape index (κ1) is 11.6. The maximum absolute atomic E-state index is 11.1. The molecule has 0 aliphatic carbocycles. The van der Waals surface area contributed by atoms with Crippen LogP contribution in [0.1, 0.15) is 5.82 Å². The second kappa shape index (κ2) is 4.36. The number of aryl methyl sites for hydroxylation is 1. The summed E-state index contributed by atoms with van der Waals surface area (Å²) in [6, 6.07) is 0. The summed E-state index contributed by atoms with van der Waals surface area (Å²) < 4.78 is 25.6. The predicted octanol–water partition coefficient (Wildman–Crippen LogP) is -1.68. The summed E-state index contributed by atoms with van der Waals surface area (Å²) in [5.41, 5.74) is 0. The van der Waals surface area contributed by atoms with E-state index in [1.165, 1.54) is 11.0 Å². The van der Waals surface area contributed by atoms with Crippen LogP contribution in [0.3, 0.4) is 0 Å². The first-order valence-electron chi connectivity index (χ1n) is 3.93. The van der Waals surface area contributed by atoms with Gasteiger partial charge in [0.2, 0.25) is 10.0 Å². The van der Waals surface area contributed by atoms with E-state index in [9.17, 15) is 13.2 Å². The molecular formula is C6H10N4O4S. The molecule has 0 bridgehead atoms. The fourth-order valence-corrected chi connectivity index (χ4v) is 1.63. The fourth-order valence-electron chi connectivity index (χ4n) is 0.853. The number of carboxylic acids is 1. The Morgan fingerprint density at radius 2 is 2.33 bits per heavy atom. The lowest BCUT2D eigenvalue weighted by Crippen LogP contribution is -2.29. The van der Waals surface area contributed by atoms with Crippen molar-refractivity contribution in [2.45, 2.75) is 6.54 Å². The highest BCUT2D eigenvalue weighted by Gasteiger charge is 2.15. The van der Waals surface area contributed by atoms with Crippen LogP contribution in [-0.4, -0.2) is 40.0 Å². The number of nitrogens with zero attached hydrogens (tertiary/aromatic N) is 3. The molecule has 0 aromatic carbocycles. The van der Waals surface area contributed by atoms with E-state index in [-0.39, 0.29) is 12.4 Å². The Kier molecular flexibility index (Phi) is 3.37. The molecule has 0 atom stereocenters. The van der Waals surface area contributed by atoms with Gasteiger partial charge in [0.05, 0.1) is 6.54 Å². The average molecular weight is 234 g/mol. The van der Waals surface area contributed by atoms with Crippen molar-refractivity contribution < 1.29 is 18.3 Å². The van der Waals surface area contributed by atoms with E-state index < -0.39 is 21.7 Å². The normalized spacial score (nSPS) is 11.5. The van der Waals surface area contributed by atoms with Crippen LogP contribution in [0.25, 0.3) is 0 Å². The lowest BCUT2D eigenvalue weighted by Gasteiger charge is -2.00. The molecule has 0 aliphatic heterocycles. The zero-order chi connectivity index (χ0) is 11.5. The number of aromatic nitrogens is 3. The maximum Gasteiger partial charge on any atom is 0.320 e. The minimum Gasteiger partial charge on any atom is -0.480 e. The van der Waals surface area contributed by atoms with Crippen LogP contribution in [0.4, 0.5) is 0 Å². The monoisotopic (exact) mass is 234 g/mol. The minimum absolute atomic E-state index is 0.115. The van der Waals surface area contributed by atoms with Gasteiger partial charge in [-0.05, 0) is 0 Å². The summed E-state index contributed by atoms with van der Waals surface area (Å²) in [6.45, 7) is -0.115. The molecular weight excluding hydrogens is 224 g/mol. The molecule has 0 amide bonds. The zero-order valence-corrected chi connectivity index (χ0v) is 8.73. The molecule has 0 radical (unpaired) electrons. The molecule has 0 saturated carbocycles. The molecule has 9 heteroatoms. The van der Waals surface area contributed by atoms with Gasteiger partial charge in [-0.25, -0.2) is 18.1 Å². The van der Waals surface area contributed by atoms with E-state index in [2.05, 4.69) is 14.8 Å². The second-order valence-corrected chi connectivity index (χ2v) is 4.62. The van der Waals surface area contributed by atoms with Crippen molar-refractivity contribution in [3.8, 4) is 0 Å². The van der Waals surface area contributed by atoms with Crippen LogP contribution in [0.15, 0.2) is 6.33 Å². The van der Waals surface area contributed by atoms with Crippen LogP contribution in [0.5, 0.6) is 0 Å². The molecule has 0 unspecified atom stereocenters. The summed E-state index contributed by atoms with van der Waals surface area (Å²) in [7, 11) is -2.17. The second-order valence-electron chi connectivity index (χ2n) is 2.81. The van der Waals surface area contributed by atoms with Crippen LogP contribution in [0, 0.1) is 0 Å². The summed E-state index contributed by atoms with van der Waals surface area (Å²) in [5.74, 6) is -2.08. The van der Waals surface area contributed by atoms with Gasteiger partial charge < -0.3 is 5.11 Å². The standard InChI is InChI=1S/C6H10N4O4S/c1-10-4-7-5(9-10)2-8-15(13,14)3-6(11)12/h4,8H,2-3H2,1H3,(H,11,12). The third kappa shape index (κ3) is 4.04. The molecule has 15 heavy (non-hydrogen) atoms. The SMILES string of the molecule is Cn1cnc(CNS(=O)(=O)CC(=O)O)n1. The number of carbonyl (C=O) groups is 1. The Morgan fingerprint density at radius 1 is 1.67 bits per heavy atom. The summed E-state index contributed by atoms with van der Waals surface area (Å²) >= 11 is 0. The van der Waals surface area contributed by atoms with Gasteiger partial charge in [0.1, 0.15) is 6.33 Å². The van der Waals surface area contributed by atoms with Gasteiger partial charge in [-0.2, -0.15) is 5.10 Å². The Hall–Kier alpha value is -1.48. The zero-order valence-electron chi connectivity index (χ0n) is 7.91. The van der Waals surface area contributed by atoms with E-state index in [1.54, 1.807) is 7.05 Å². The first-order valence-corrected chi connectivity index (χ1v) is 5.58. The predicted molar refractivity (Wildman–Crippen MR) is 49.3 cm³/mol. The highest BCUT2D eigenvalue weighted by atomic mass is 32.2. The van der Waals surface area contributed by atoms with Gasteiger partial charge in [-0.15, -0.1) is 0 Å².